The fourth-order valence-corrected chi connectivity index (χ4v) is 5.01. The molecule has 1 fully saturated rings. The van der Waals surface area contributed by atoms with Crippen LogP contribution in [0.25, 0.3) is 10.6 Å². The zero-order valence-corrected chi connectivity index (χ0v) is 15.3. The van der Waals surface area contributed by atoms with Crippen molar-refractivity contribution in [2.75, 3.05) is 19.6 Å². The molecule has 8 heteroatoms. The Hall–Kier alpha value is -0.990. The molecule has 1 atom stereocenters. The SMILES string of the molecule is Cc1csc(-c2cccc(S(=O)(=O)N3CCC(CN)C3)c2)n1.Cl. The molecule has 1 aliphatic heterocycles. The van der Waals surface area contributed by atoms with Crippen LogP contribution in [0.1, 0.15) is 12.1 Å². The van der Waals surface area contributed by atoms with E-state index in [1.165, 1.54) is 15.6 Å². The second-order valence-electron chi connectivity index (χ2n) is 5.58. The third kappa shape index (κ3) is 3.75. The lowest BCUT2D eigenvalue weighted by Crippen LogP contribution is -2.30. The summed E-state index contributed by atoms with van der Waals surface area (Å²) in [7, 11) is -3.45. The fourth-order valence-electron chi connectivity index (χ4n) is 2.63. The first kappa shape index (κ1) is 18.4. The summed E-state index contributed by atoms with van der Waals surface area (Å²) in [5, 5.41) is 2.80. The predicted molar refractivity (Wildman–Crippen MR) is 95.5 cm³/mol. The third-order valence-electron chi connectivity index (χ3n) is 3.92. The Morgan fingerprint density at radius 1 is 1.43 bits per heavy atom. The number of nitrogens with zero attached hydrogens (tertiary/aromatic N) is 2. The van der Waals surface area contributed by atoms with E-state index < -0.39 is 10.0 Å². The smallest absolute Gasteiger partial charge is 0.243 e. The van der Waals surface area contributed by atoms with Crippen molar-refractivity contribution < 1.29 is 8.42 Å². The molecule has 0 bridgehead atoms. The number of hydrogen-bond acceptors (Lipinski definition) is 5. The highest BCUT2D eigenvalue weighted by Gasteiger charge is 2.32. The lowest BCUT2D eigenvalue weighted by atomic mass is 10.1. The van der Waals surface area contributed by atoms with Crippen LogP contribution in [0, 0.1) is 12.8 Å². The number of rotatable bonds is 4. The maximum absolute atomic E-state index is 12.8. The molecule has 1 aromatic heterocycles. The number of halogens is 1. The lowest BCUT2D eigenvalue weighted by Gasteiger charge is -2.16. The van der Waals surface area contributed by atoms with Crippen molar-refractivity contribution >= 4 is 33.8 Å². The van der Waals surface area contributed by atoms with Crippen molar-refractivity contribution in [3.63, 3.8) is 0 Å². The van der Waals surface area contributed by atoms with Gasteiger partial charge in [0.25, 0.3) is 0 Å². The molecule has 5 nitrogen and oxygen atoms in total. The number of thiazole rings is 1. The summed E-state index contributed by atoms with van der Waals surface area (Å²) in [6.07, 6.45) is 0.834. The molecule has 0 radical (unpaired) electrons. The van der Waals surface area contributed by atoms with Gasteiger partial charge < -0.3 is 5.73 Å². The molecule has 2 heterocycles. The molecule has 0 saturated carbocycles. The molecular formula is C15H20ClN3O2S2. The first-order valence-corrected chi connectivity index (χ1v) is 9.55. The highest BCUT2D eigenvalue weighted by atomic mass is 35.5. The number of benzene rings is 1. The van der Waals surface area contributed by atoms with Gasteiger partial charge in [0.15, 0.2) is 0 Å². The van der Waals surface area contributed by atoms with Crippen LogP contribution in [0.15, 0.2) is 34.5 Å². The number of sulfonamides is 1. The van der Waals surface area contributed by atoms with E-state index in [0.717, 1.165) is 22.7 Å². The molecule has 2 aromatic rings. The monoisotopic (exact) mass is 373 g/mol. The largest absolute Gasteiger partial charge is 0.330 e. The van der Waals surface area contributed by atoms with E-state index in [-0.39, 0.29) is 18.3 Å². The van der Waals surface area contributed by atoms with E-state index in [4.69, 9.17) is 5.73 Å². The van der Waals surface area contributed by atoms with Gasteiger partial charge in [-0.3, -0.25) is 0 Å². The Balaban J connectivity index is 0.00000192. The highest BCUT2D eigenvalue weighted by Crippen LogP contribution is 2.28. The van der Waals surface area contributed by atoms with E-state index in [1.807, 2.05) is 18.4 Å². The van der Waals surface area contributed by atoms with Crippen molar-refractivity contribution in [1.29, 1.82) is 0 Å². The average molecular weight is 374 g/mol. The second-order valence-corrected chi connectivity index (χ2v) is 8.37. The van der Waals surface area contributed by atoms with Crippen LogP contribution in [0.2, 0.25) is 0 Å². The van der Waals surface area contributed by atoms with Gasteiger partial charge in [0, 0.05) is 29.7 Å². The molecule has 23 heavy (non-hydrogen) atoms. The van der Waals surface area contributed by atoms with Crippen LogP contribution in [0.4, 0.5) is 0 Å². The predicted octanol–water partition coefficient (Wildman–Crippen LogP) is 2.51. The number of aromatic nitrogens is 1. The van der Waals surface area contributed by atoms with Gasteiger partial charge in [0.2, 0.25) is 10.0 Å². The molecule has 0 aliphatic carbocycles. The van der Waals surface area contributed by atoms with E-state index in [1.54, 1.807) is 18.2 Å². The van der Waals surface area contributed by atoms with Crippen LogP contribution in [0.5, 0.6) is 0 Å². The van der Waals surface area contributed by atoms with E-state index in [9.17, 15) is 8.42 Å². The zero-order valence-electron chi connectivity index (χ0n) is 12.8. The first-order chi connectivity index (χ1) is 10.5. The standard InChI is InChI=1S/C15H19N3O2S2.ClH/c1-11-10-21-15(17-11)13-3-2-4-14(7-13)22(19,20)18-6-5-12(8-16)9-18;/h2-4,7,10,12H,5-6,8-9,16H2,1H3;1H. The molecule has 1 aliphatic rings. The van der Waals surface area contributed by atoms with Crippen LogP contribution in [-0.4, -0.2) is 37.3 Å². The van der Waals surface area contributed by atoms with Crippen molar-refractivity contribution in [2.24, 2.45) is 11.7 Å². The van der Waals surface area contributed by atoms with E-state index in [2.05, 4.69) is 4.98 Å². The van der Waals surface area contributed by atoms with E-state index in [0.29, 0.717) is 24.5 Å². The van der Waals surface area contributed by atoms with Crippen LogP contribution < -0.4 is 5.73 Å². The van der Waals surface area contributed by atoms with Crippen molar-refractivity contribution in [3.8, 4) is 10.6 Å². The van der Waals surface area contributed by atoms with Gasteiger partial charge in [-0.15, -0.1) is 23.7 Å². The third-order valence-corrected chi connectivity index (χ3v) is 6.79. The van der Waals surface area contributed by atoms with E-state index >= 15 is 0 Å². The number of nitrogens with two attached hydrogens (primary N) is 1. The minimum Gasteiger partial charge on any atom is -0.330 e. The first-order valence-electron chi connectivity index (χ1n) is 7.23. The molecule has 126 valence electrons. The molecular weight excluding hydrogens is 354 g/mol. The summed E-state index contributed by atoms with van der Waals surface area (Å²) in [4.78, 5) is 4.75. The maximum atomic E-state index is 12.8. The Bertz CT molecular complexity index is 777. The summed E-state index contributed by atoms with van der Waals surface area (Å²) >= 11 is 1.52. The molecule has 1 saturated heterocycles. The Morgan fingerprint density at radius 3 is 2.83 bits per heavy atom. The van der Waals surface area contributed by atoms with Crippen LogP contribution in [-0.2, 0) is 10.0 Å². The molecule has 1 unspecified atom stereocenters. The fraction of sp³-hybridized carbons (Fsp3) is 0.400. The van der Waals surface area contributed by atoms with Gasteiger partial charge in [-0.25, -0.2) is 13.4 Å². The Morgan fingerprint density at radius 2 is 2.22 bits per heavy atom. The highest BCUT2D eigenvalue weighted by molar-refractivity contribution is 7.89. The minimum absolute atomic E-state index is 0. The normalized spacial score (nSPS) is 18.8. The van der Waals surface area contributed by atoms with Gasteiger partial charge in [-0.2, -0.15) is 4.31 Å². The summed E-state index contributed by atoms with van der Waals surface area (Å²) in [5.41, 5.74) is 7.44. The molecule has 0 amide bonds. The van der Waals surface area contributed by atoms with Gasteiger partial charge in [-0.1, -0.05) is 12.1 Å². The van der Waals surface area contributed by atoms with Crippen molar-refractivity contribution in [2.45, 2.75) is 18.2 Å². The van der Waals surface area contributed by atoms with Gasteiger partial charge in [0.05, 0.1) is 4.90 Å². The topological polar surface area (TPSA) is 76.3 Å². The van der Waals surface area contributed by atoms with Crippen LogP contribution in [0.3, 0.4) is 0 Å². The van der Waals surface area contributed by atoms with Crippen molar-refractivity contribution in [1.82, 2.24) is 9.29 Å². The molecule has 3 rings (SSSR count). The number of aryl methyl sites for hydroxylation is 1. The second kappa shape index (κ2) is 7.27. The minimum atomic E-state index is -3.45. The summed E-state index contributed by atoms with van der Waals surface area (Å²) < 4.78 is 27.0. The quantitative estimate of drug-likeness (QED) is 0.893. The van der Waals surface area contributed by atoms with Crippen LogP contribution >= 0.6 is 23.7 Å². The summed E-state index contributed by atoms with van der Waals surface area (Å²) in [6.45, 7) is 3.52. The Kier molecular flexibility index (Phi) is 5.80. The van der Waals surface area contributed by atoms with Gasteiger partial charge >= 0.3 is 0 Å². The van der Waals surface area contributed by atoms with Crippen molar-refractivity contribution in [3.05, 3.63) is 35.3 Å². The zero-order chi connectivity index (χ0) is 15.7. The summed E-state index contributed by atoms with van der Waals surface area (Å²) in [5.74, 6) is 0.263. The molecule has 1 aromatic carbocycles. The lowest BCUT2D eigenvalue weighted by molar-refractivity contribution is 0.459. The maximum Gasteiger partial charge on any atom is 0.243 e. The molecule has 2 N–H and O–H groups in total. The summed E-state index contributed by atoms with van der Waals surface area (Å²) in [6, 6.07) is 7.03. The average Bonchev–Trinajstić information content (AvgIpc) is 3.16. The molecule has 0 spiro atoms. The number of hydrogen-bond donors (Lipinski definition) is 1. The van der Waals surface area contributed by atoms with Gasteiger partial charge in [0.1, 0.15) is 5.01 Å². The van der Waals surface area contributed by atoms with Gasteiger partial charge in [-0.05, 0) is 37.9 Å². The Labute approximate surface area is 147 Å².